The van der Waals surface area contributed by atoms with Crippen LogP contribution in [-0.4, -0.2) is 34.8 Å². The van der Waals surface area contributed by atoms with E-state index in [9.17, 15) is 9.59 Å². The van der Waals surface area contributed by atoms with Gasteiger partial charge < -0.3 is 15.1 Å². The van der Waals surface area contributed by atoms with Crippen molar-refractivity contribution >= 4 is 29.0 Å². The van der Waals surface area contributed by atoms with Gasteiger partial charge in [0.15, 0.2) is 0 Å². The first-order valence-corrected chi connectivity index (χ1v) is 11.9. The summed E-state index contributed by atoms with van der Waals surface area (Å²) in [6.45, 7) is 4.52. The Morgan fingerprint density at radius 2 is 1.59 bits per heavy atom. The lowest BCUT2D eigenvalue weighted by Gasteiger charge is -2.55. The number of amides is 2. The third-order valence-corrected chi connectivity index (χ3v) is 8.42. The Hall–Kier alpha value is -2.89. The van der Waals surface area contributed by atoms with Gasteiger partial charge in [0.2, 0.25) is 11.8 Å². The lowest BCUT2D eigenvalue weighted by molar-refractivity contribution is -0.162. The van der Waals surface area contributed by atoms with E-state index < -0.39 is 0 Å². The molecule has 1 aromatic heterocycles. The lowest BCUT2D eigenvalue weighted by atomic mass is 9.52. The standard InChI is InChI=1S/C26H30N4O2/c1-18-15-29(16-18)23(31)25-8-11-26(12-9-25,13-10-25)24(32)30-17-19-5-4-14-27-22(19)28-20-6-2-3-7-21(20)30/h2-7,14,18H,8-13,15-17H2,1H3,(H,27,28). The lowest BCUT2D eigenvalue weighted by Crippen LogP contribution is -2.59. The first-order chi connectivity index (χ1) is 15.5. The van der Waals surface area contributed by atoms with Crippen LogP contribution in [0.25, 0.3) is 0 Å². The molecule has 1 N–H and O–H groups in total. The van der Waals surface area contributed by atoms with Gasteiger partial charge in [-0.05, 0) is 62.6 Å². The molecule has 3 aliphatic carbocycles. The van der Waals surface area contributed by atoms with Crippen molar-refractivity contribution in [2.45, 2.75) is 52.0 Å². The number of benzene rings is 1. The molecule has 3 heterocycles. The zero-order valence-corrected chi connectivity index (χ0v) is 18.6. The van der Waals surface area contributed by atoms with E-state index in [2.05, 4.69) is 17.2 Å². The summed E-state index contributed by atoms with van der Waals surface area (Å²) in [4.78, 5) is 35.9. The first kappa shape index (κ1) is 19.8. The number of nitrogens with zero attached hydrogens (tertiary/aromatic N) is 3. The minimum absolute atomic E-state index is 0.210. The molecule has 2 amide bonds. The number of pyridine rings is 1. The molecule has 1 saturated heterocycles. The maximum Gasteiger partial charge on any atom is 0.233 e. The summed E-state index contributed by atoms with van der Waals surface area (Å²) in [6, 6.07) is 12.0. The van der Waals surface area contributed by atoms with Crippen molar-refractivity contribution in [3.8, 4) is 0 Å². The third kappa shape index (κ3) is 2.88. The Morgan fingerprint density at radius 3 is 2.28 bits per heavy atom. The fraction of sp³-hybridized carbons (Fsp3) is 0.500. The number of hydrogen-bond donors (Lipinski definition) is 1. The van der Waals surface area contributed by atoms with E-state index >= 15 is 0 Å². The van der Waals surface area contributed by atoms with Gasteiger partial charge in [0.05, 0.1) is 17.9 Å². The molecule has 5 aliphatic rings. The molecule has 3 saturated carbocycles. The van der Waals surface area contributed by atoms with Gasteiger partial charge in [-0.3, -0.25) is 9.59 Å². The third-order valence-electron chi connectivity index (χ3n) is 8.42. The largest absolute Gasteiger partial charge is 0.342 e. The van der Waals surface area contributed by atoms with Crippen molar-refractivity contribution in [2.24, 2.45) is 16.7 Å². The minimum atomic E-state index is -0.357. The van der Waals surface area contributed by atoms with Gasteiger partial charge in [-0.2, -0.15) is 0 Å². The molecule has 6 nitrogen and oxygen atoms in total. The molecule has 1 aromatic carbocycles. The van der Waals surface area contributed by atoms with Crippen LogP contribution in [0.2, 0.25) is 0 Å². The second kappa shape index (κ2) is 7.06. The van der Waals surface area contributed by atoms with Crippen LogP contribution in [0.3, 0.4) is 0 Å². The molecule has 0 spiro atoms. The molecule has 0 radical (unpaired) electrons. The topological polar surface area (TPSA) is 65.5 Å². The Labute approximate surface area is 189 Å². The molecule has 2 aromatic rings. The number of carbonyl (C=O) groups is 2. The highest BCUT2D eigenvalue weighted by Crippen LogP contribution is 2.59. The normalized spacial score (nSPS) is 28.8. The fourth-order valence-electron chi connectivity index (χ4n) is 6.37. The predicted molar refractivity (Wildman–Crippen MR) is 123 cm³/mol. The van der Waals surface area contributed by atoms with E-state index in [1.807, 2.05) is 46.2 Å². The molecule has 2 aliphatic heterocycles. The minimum Gasteiger partial charge on any atom is -0.342 e. The Kier molecular flexibility index (Phi) is 4.36. The maximum atomic E-state index is 14.2. The predicted octanol–water partition coefficient (Wildman–Crippen LogP) is 4.49. The highest BCUT2D eigenvalue weighted by atomic mass is 16.2. The van der Waals surface area contributed by atoms with Crippen LogP contribution in [0.4, 0.5) is 17.2 Å². The number of para-hydroxylation sites is 2. The molecular weight excluding hydrogens is 400 g/mol. The Morgan fingerprint density at radius 1 is 0.938 bits per heavy atom. The molecule has 4 fully saturated rings. The number of anilines is 3. The van der Waals surface area contributed by atoms with Crippen molar-refractivity contribution in [2.75, 3.05) is 23.3 Å². The van der Waals surface area contributed by atoms with E-state index in [1.165, 1.54) is 0 Å². The molecule has 6 heteroatoms. The van der Waals surface area contributed by atoms with Gasteiger partial charge in [0, 0.05) is 35.7 Å². The number of aromatic nitrogens is 1. The zero-order valence-electron chi connectivity index (χ0n) is 18.6. The molecule has 166 valence electrons. The van der Waals surface area contributed by atoms with Gasteiger partial charge >= 0.3 is 0 Å². The van der Waals surface area contributed by atoms with E-state index in [1.54, 1.807) is 6.20 Å². The zero-order chi connectivity index (χ0) is 21.9. The summed E-state index contributed by atoms with van der Waals surface area (Å²) in [5.74, 6) is 1.99. The average Bonchev–Trinajstić information content (AvgIpc) is 2.99. The van der Waals surface area contributed by atoms with Crippen LogP contribution in [0.1, 0.15) is 51.0 Å². The summed E-state index contributed by atoms with van der Waals surface area (Å²) >= 11 is 0. The van der Waals surface area contributed by atoms with Crippen LogP contribution < -0.4 is 10.2 Å². The smallest absolute Gasteiger partial charge is 0.233 e. The van der Waals surface area contributed by atoms with Gasteiger partial charge in [0.1, 0.15) is 5.82 Å². The molecule has 0 atom stereocenters. The number of likely N-dealkylation sites (tertiary alicyclic amines) is 1. The van der Waals surface area contributed by atoms with Gasteiger partial charge in [-0.15, -0.1) is 0 Å². The Balaban J connectivity index is 1.28. The summed E-state index contributed by atoms with van der Waals surface area (Å²) in [7, 11) is 0. The molecule has 32 heavy (non-hydrogen) atoms. The van der Waals surface area contributed by atoms with Gasteiger partial charge in [0.25, 0.3) is 0 Å². The van der Waals surface area contributed by atoms with Crippen LogP contribution in [0.15, 0.2) is 42.6 Å². The number of carbonyl (C=O) groups excluding carboxylic acids is 2. The van der Waals surface area contributed by atoms with Crippen LogP contribution in [0, 0.1) is 16.7 Å². The van der Waals surface area contributed by atoms with Crippen LogP contribution >= 0.6 is 0 Å². The van der Waals surface area contributed by atoms with E-state index in [4.69, 9.17) is 0 Å². The molecule has 0 unspecified atom stereocenters. The van der Waals surface area contributed by atoms with E-state index in [0.717, 1.165) is 74.4 Å². The second-order valence-corrected chi connectivity index (χ2v) is 10.4. The van der Waals surface area contributed by atoms with Crippen molar-refractivity contribution < 1.29 is 9.59 Å². The molecule has 7 rings (SSSR count). The van der Waals surface area contributed by atoms with Crippen molar-refractivity contribution in [3.05, 3.63) is 48.2 Å². The number of rotatable bonds is 2. The van der Waals surface area contributed by atoms with Gasteiger partial charge in [-0.1, -0.05) is 25.1 Å². The summed E-state index contributed by atoms with van der Waals surface area (Å²) < 4.78 is 0. The number of hydrogen-bond acceptors (Lipinski definition) is 4. The van der Waals surface area contributed by atoms with Crippen molar-refractivity contribution in [1.29, 1.82) is 0 Å². The SMILES string of the molecule is CC1CN(C(=O)C23CCC(C(=O)N4Cc5cccnc5Nc5ccccc54)(CC2)CC3)C1. The first-order valence-electron chi connectivity index (χ1n) is 11.9. The highest BCUT2D eigenvalue weighted by molar-refractivity contribution is 6.02. The van der Waals surface area contributed by atoms with Gasteiger partial charge in [-0.25, -0.2) is 4.98 Å². The Bertz CT molecular complexity index is 1070. The van der Waals surface area contributed by atoms with Crippen molar-refractivity contribution in [1.82, 2.24) is 9.88 Å². The average molecular weight is 431 g/mol. The second-order valence-electron chi connectivity index (χ2n) is 10.4. The number of nitrogens with one attached hydrogen (secondary N) is 1. The van der Waals surface area contributed by atoms with Crippen LogP contribution in [0.5, 0.6) is 0 Å². The summed E-state index contributed by atoms with van der Waals surface area (Å²) in [5.41, 5.74) is 2.27. The van der Waals surface area contributed by atoms with E-state index in [-0.39, 0.29) is 16.7 Å². The maximum absolute atomic E-state index is 14.2. The van der Waals surface area contributed by atoms with Crippen molar-refractivity contribution in [3.63, 3.8) is 0 Å². The summed E-state index contributed by atoms with van der Waals surface area (Å²) in [5, 5.41) is 3.43. The monoisotopic (exact) mass is 430 g/mol. The fourth-order valence-corrected chi connectivity index (χ4v) is 6.37. The molecule has 2 bridgehead atoms. The molecular formula is C26H30N4O2. The summed E-state index contributed by atoms with van der Waals surface area (Å²) in [6.07, 6.45) is 6.74. The van der Waals surface area contributed by atoms with Crippen LogP contribution in [-0.2, 0) is 16.1 Å². The number of fused-ring (bicyclic) bond motifs is 5. The van der Waals surface area contributed by atoms with E-state index in [0.29, 0.717) is 18.4 Å². The quantitative estimate of drug-likeness (QED) is 0.762. The highest BCUT2D eigenvalue weighted by Gasteiger charge is 2.57.